The molecule has 1 amide bonds. The third kappa shape index (κ3) is 2.91. The number of ether oxygens (including phenoxy) is 1. The van der Waals surface area contributed by atoms with Crippen LogP contribution in [0.25, 0.3) is 0 Å². The topological polar surface area (TPSA) is 46.6 Å². The minimum atomic E-state index is -0.495. The van der Waals surface area contributed by atoms with E-state index < -0.39 is 6.09 Å². The number of hydrogen-bond donors (Lipinski definition) is 0. The van der Waals surface area contributed by atoms with Crippen molar-refractivity contribution in [1.82, 2.24) is 4.90 Å². The summed E-state index contributed by atoms with van der Waals surface area (Å²) < 4.78 is 5.25. The summed E-state index contributed by atoms with van der Waals surface area (Å²) in [4.78, 5) is 25.1. The second kappa shape index (κ2) is 5.52. The molecule has 0 aromatic heterocycles. The van der Waals surface area contributed by atoms with Crippen molar-refractivity contribution in [1.29, 1.82) is 0 Å². The quantitative estimate of drug-likeness (QED) is 0.818. The molecule has 1 atom stereocenters. The minimum absolute atomic E-state index is 0.00809. The Bertz CT molecular complexity index is 534. The standard InChI is InChI=1S/C15H15NO3/c1-3-12-10-16(11(2)9-14(12)17)15(18)19-13-7-5-4-6-8-13/h3-8,10-11H,1,9H2,2H3/t11-/m0/s1. The summed E-state index contributed by atoms with van der Waals surface area (Å²) in [7, 11) is 0. The van der Waals surface area contributed by atoms with Crippen LogP contribution in [0.5, 0.6) is 5.75 Å². The maximum atomic E-state index is 12.1. The number of rotatable bonds is 2. The molecule has 0 radical (unpaired) electrons. The first kappa shape index (κ1) is 13.1. The van der Waals surface area contributed by atoms with E-state index in [2.05, 4.69) is 6.58 Å². The van der Waals surface area contributed by atoms with Crippen LogP contribution in [-0.4, -0.2) is 22.8 Å². The molecule has 2 rings (SSSR count). The van der Waals surface area contributed by atoms with E-state index in [0.717, 1.165) is 0 Å². The van der Waals surface area contributed by atoms with Gasteiger partial charge in [0.1, 0.15) is 5.75 Å². The van der Waals surface area contributed by atoms with Crippen molar-refractivity contribution in [2.75, 3.05) is 0 Å². The molecule has 19 heavy (non-hydrogen) atoms. The van der Waals surface area contributed by atoms with Gasteiger partial charge in [-0.2, -0.15) is 0 Å². The summed E-state index contributed by atoms with van der Waals surface area (Å²) in [5, 5.41) is 0. The fourth-order valence-electron chi connectivity index (χ4n) is 1.87. The van der Waals surface area contributed by atoms with Crippen LogP contribution in [0.15, 0.2) is 54.8 Å². The molecule has 0 unspecified atom stereocenters. The van der Waals surface area contributed by atoms with Gasteiger partial charge in [-0.25, -0.2) is 4.79 Å². The highest BCUT2D eigenvalue weighted by atomic mass is 16.6. The number of nitrogens with zero attached hydrogens (tertiary/aromatic N) is 1. The predicted molar refractivity (Wildman–Crippen MR) is 71.7 cm³/mol. The Hall–Kier alpha value is -2.36. The lowest BCUT2D eigenvalue weighted by molar-refractivity contribution is -0.116. The highest BCUT2D eigenvalue weighted by Gasteiger charge is 2.28. The highest BCUT2D eigenvalue weighted by molar-refractivity contribution is 5.99. The number of carbonyl (C=O) groups is 2. The molecule has 4 nitrogen and oxygen atoms in total. The van der Waals surface area contributed by atoms with Crippen molar-refractivity contribution in [3.63, 3.8) is 0 Å². The number of carbonyl (C=O) groups excluding carboxylic acids is 2. The SMILES string of the molecule is C=CC1=CN(C(=O)Oc2ccccc2)[C@@H](C)CC1=O. The Labute approximate surface area is 112 Å². The third-order valence-electron chi connectivity index (χ3n) is 2.93. The average Bonchev–Trinajstić information content (AvgIpc) is 2.40. The Balaban J connectivity index is 2.16. The highest BCUT2D eigenvalue weighted by Crippen LogP contribution is 2.20. The smallest absolute Gasteiger partial charge is 0.410 e. The summed E-state index contributed by atoms with van der Waals surface area (Å²) >= 11 is 0. The van der Waals surface area contributed by atoms with E-state index in [0.29, 0.717) is 11.3 Å². The number of benzene rings is 1. The first-order chi connectivity index (χ1) is 9.11. The Morgan fingerprint density at radius 2 is 2.11 bits per heavy atom. The van der Waals surface area contributed by atoms with Gasteiger partial charge in [-0.05, 0) is 19.1 Å². The van der Waals surface area contributed by atoms with Gasteiger partial charge in [0.15, 0.2) is 5.78 Å². The van der Waals surface area contributed by atoms with Crippen molar-refractivity contribution in [3.05, 3.63) is 54.8 Å². The molecule has 1 aromatic carbocycles. The van der Waals surface area contributed by atoms with Crippen LogP contribution < -0.4 is 4.74 Å². The molecule has 1 aromatic rings. The number of ketones is 1. The van der Waals surface area contributed by atoms with E-state index in [9.17, 15) is 9.59 Å². The fourth-order valence-corrected chi connectivity index (χ4v) is 1.87. The third-order valence-corrected chi connectivity index (χ3v) is 2.93. The molecule has 4 heteroatoms. The molecule has 1 aliphatic heterocycles. The zero-order chi connectivity index (χ0) is 13.8. The lowest BCUT2D eigenvalue weighted by Gasteiger charge is -2.29. The summed E-state index contributed by atoms with van der Waals surface area (Å²) in [5.74, 6) is 0.469. The maximum Gasteiger partial charge on any atom is 0.419 e. The second-order valence-corrected chi connectivity index (χ2v) is 4.35. The van der Waals surface area contributed by atoms with Crippen LogP contribution in [0, 0.1) is 0 Å². The van der Waals surface area contributed by atoms with E-state index in [-0.39, 0.29) is 18.2 Å². The van der Waals surface area contributed by atoms with Gasteiger partial charge in [0.2, 0.25) is 0 Å². The van der Waals surface area contributed by atoms with Crippen LogP contribution in [0.4, 0.5) is 4.79 Å². The van der Waals surface area contributed by atoms with E-state index in [4.69, 9.17) is 4.74 Å². The summed E-state index contributed by atoms with van der Waals surface area (Å²) in [6, 6.07) is 8.61. The molecule has 0 saturated carbocycles. The minimum Gasteiger partial charge on any atom is -0.410 e. The van der Waals surface area contributed by atoms with E-state index >= 15 is 0 Å². The van der Waals surface area contributed by atoms with Crippen molar-refractivity contribution in [2.45, 2.75) is 19.4 Å². The molecule has 0 fully saturated rings. The van der Waals surface area contributed by atoms with Crippen molar-refractivity contribution >= 4 is 11.9 Å². The molecule has 98 valence electrons. The van der Waals surface area contributed by atoms with Crippen LogP contribution in [-0.2, 0) is 4.79 Å². The van der Waals surface area contributed by atoms with Crippen molar-refractivity contribution < 1.29 is 14.3 Å². The van der Waals surface area contributed by atoms with Gasteiger partial charge in [0, 0.05) is 24.2 Å². The van der Waals surface area contributed by atoms with E-state index in [1.54, 1.807) is 31.2 Å². The average molecular weight is 257 g/mol. The van der Waals surface area contributed by atoms with Gasteiger partial charge in [0.25, 0.3) is 0 Å². The zero-order valence-electron chi connectivity index (χ0n) is 10.7. The molecule has 0 bridgehead atoms. The summed E-state index contributed by atoms with van der Waals surface area (Å²) in [6.07, 6.45) is 2.73. The van der Waals surface area contributed by atoms with Gasteiger partial charge in [-0.15, -0.1) is 0 Å². The lowest BCUT2D eigenvalue weighted by Crippen LogP contribution is -2.41. The van der Waals surface area contributed by atoms with Gasteiger partial charge < -0.3 is 4.74 Å². The van der Waals surface area contributed by atoms with Crippen LogP contribution in [0.1, 0.15) is 13.3 Å². The number of amides is 1. The normalized spacial score (nSPS) is 18.8. The largest absolute Gasteiger partial charge is 0.419 e. The van der Waals surface area contributed by atoms with Crippen LogP contribution >= 0.6 is 0 Å². The van der Waals surface area contributed by atoms with Gasteiger partial charge in [-0.3, -0.25) is 9.69 Å². The van der Waals surface area contributed by atoms with Crippen molar-refractivity contribution in [3.8, 4) is 5.75 Å². The molecule has 0 aliphatic carbocycles. The number of hydrogen-bond acceptors (Lipinski definition) is 3. The summed E-state index contributed by atoms with van der Waals surface area (Å²) in [5.41, 5.74) is 0.433. The number of allylic oxidation sites excluding steroid dienone is 2. The second-order valence-electron chi connectivity index (χ2n) is 4.35. The number of para-hydroxylation sites is 1. The number of Topliss-reactive ketones (excluding diaryl/α,β-unsaturated/α-hetero) is 1. The van der Waals surface area contributed by atoms with Gasteiger partial charge in [-0.1, -0.05) is 30.9 Å². The first-order valence-electron chi connectivity index (χ1n) is 6.04. The van der Waals surface area contributed by atoms with E-state index in [1.165, 1.54) is 17.2 Å². The Morgan fingerprint density at radius 1 is 1.42 bits per heavy atom. The Morgan fingerprint density at radius 3 is 2.74 bits per heavy atom. The molecule has 0 saturated heterocycles. The maximum absolute atomic E-state index is 12.1. The zero-order valence-corrected chi connectivity index (χ0v) is 10.7. The van der Waals surface area contributed by atoms with Crippen LogP contribution in [0.2, 0.25) is 0 Å². The van der Waals surface area contributed by atoms with Crippen LogP contribution in [0.3, 0.4) is 0 Å². The lowest BCUT2D eigenvalue weighted by atomic mass is 10.0. The molecule has 1 aliphatic rings. The first-order valence-corrected chi connectivity index (χ1v) is 6.04. The molecular weight excluding hydrogens is 242 g/mol. The van der Waals surface area contributed by atoms with Gasteiger partial charge >= 0.3 is 6.09 Å². The fraction of sp³-hybridized carbons (Fsp3) is 0.200. The van der Waals surface area contributed by atoms with Crippen molar-refractivity contribution in [2.24, 2.45) is 0 Å². The predicted octanol–water partition coefficient (Wildman–Crippen LogP) is 2.92. The molecular formula is C15H15NO3. The monoisotopic (exact) mass is 257 g/mol. The Kier molecular flexibility index (Phi) is 3.80. The van der Waals surface area contributed by atoms with Gasteiger partial charge in [0.05, 0.1) is 0 Å². The molecule has 1 heterocycles. The molecule has 0 spiro atoms. The van der Waals surface area contributed by atoms with E-state index in [1.807, 2.05) is 6.07 Å². The summed E-state index contributed by atoms with van der Waals surface area (Å²) in [6.45, 7) is 5.38. The molecule has 0 N–H and O–H groups in total.